The fourth-order valence-electron chi connectivity index (χ4n) is 2.57. The van der Waals surface area contributed by atoms with Gasteiger partial charge in [-0.1, -0.05) is 11.6 Å². The van der Waals surface area contributed by atoms with Gasteiger partial charge in [-0.2, -0.15) is 0 Å². The summed E-state index contributed by atoms with van der Waals surface area (Å²) in [5.74, 6) is 0.394. The average molecular weight is 313 g/mol. The molecule has 1 aromatic rings. The van der Waals surface area contributed by atoms with Gasteiger partial charge in [0.15, 0.2) is 0 Å². The standard InChI is InChI=1S/C15H21ClN2O3/c1-3-21-14-13(16)6-12(7-17-14)15(20)18-8-11(9-19)5-4-10(18)2/h6-7,10-11,19H,3-5,8-9H2,1-2H3. The first-order valence-electron chi connectivity index (χ1n) is 7.27. The topological polar surface area (TPSA) is 62.7 Å². The fraction of sp³-hybridized carbons (Fsp3) is 0.600. The van der Waals surface area contributed by atoms with Crippen molar-refractivity contribution in [3.05, 3.63) is 22.8 Å². The maximum atomic E-state index is 12.6. The van der Waals surface area contributed by atoms with Crippen molar-refractivity contribution in [3.63, 3.8) is 0 Å². The van der Waals surface area contributed by atoms with Crippen molar-refractivity contribution in [3.8, 4) is 5.88 Å². The van der Waals surface area contributed by atoms with E-state index in [1.54, 1.807) is 11.0 Å². The Labute approximate surface area is 129 Å². The van der Waals surface area contributed by atoms with Crippen LogP contribution in [0.1, 0.15) is 37.0 Å². The maximum absolute atomic E-state index is 12.6. The molecule has 0 aromatic carbocycles. The summed E-state index contributed by atoms with van der Waals surface area (Å²) in [6, 6.07) is 1.75. The summed E-state index contributed by atoms with van der Waals surface area (Å²) in [7, 11) is 0. The summed E-state index contributed by atoms with van der Waals surface area (Å²) in [6.07, 6.45) is 3.34. The van der Waals surface area contributed by atoms with Gasteiger partial charge < -0.3 is 14.7 Å². The second-order valence-corrected chi connectivity index (χ2v) is 5.78. The van der Waals surface area contributed by atoms with Gasteiger partial charge in [0.05, 0.1) is 12.2 Å². The maximum Gasteiger partial charge on any atom is 0.255 e. The summed E-state index contributed by atoms with van der Waals surface area (Å²) >= 11 is 6.09. The minimum atomic E-state index is -0.0990. The number of carbonyl (C=O) groups excluding carboxylic acids is 1. The number of rotatable bonds is 4. The van der Waals surface area contributed by atoms with Gasteiger partial charge in [0, 0.05) is 25.4 Å². The van der Waals surface area contributed by atoms with E-state index in [1.807, 2.05) is 13.8 Å². The molecule has 1 aromatic heterocycles. The molecule has 1 aliphatic heterocycles. The molecule has 2 atom stereocenters. The highest BCUT2D eigenvalue weighted by Crippen LogP contribution is 2.26. The molecule has 2 rings (SSSR count). The quantitative estimate of drug-likeness (QED) is 0.927. The predicted molar refractivity (Wildman–Crippen MR) is 80.7 cm³/mol. The molecule has 0 aliphatic carbocycles. The normalized spacial score (nSPS) is 22.2. The lowest BCUT2D eigenvalue weighted by Gasteiger charge is -2.37. The van der Waals surface area contributed by atoms with Crippen LogP contribution in [-0.4, -0.2) is 46.7 Å². The Hall–Kier alpha value is -1.33. The highest BCUT2D eigenvalue weighted by molar-refractivity contribution is 6.32. The number of likely N-dealkylation sites (tertiary alicyclic amines) is 1. The lowest BCUT2D eigenvalue weighted by molar-refractivity contribution is 0.0488. The van der Waals surface area contributed by atoms with Crippen molar-refractivity contribution >= 4 is 17.5 Å². The van der Waals surface area contributed by atoms with Crippen LogP contribution >= 0.6 is 11.6 Å². The van der Waals surface area contributed by atoms with E-state index in [1.165, 1.54) is 6.20 Å². The van der Waals surface area contributed by atoms with Gasteiger partial charge >= 0.3 is 0 Å². The predicted octanol–water partition coefficient (Wildman–Crippen LogP) is 2.37. The van der Waals surface area contributed by atoms with Crippen molar-refractivity contribution in [2.75, 3.05) is 19.8 Å². The molecule has 1 saturated heterocycles. The number of carbonyl (C=O) groups is 1. The van der Waals surface area contributed by atoms with Crippen molar-refractivity contribution in [2.45, 2.75) is 32.7 Å². The molecule has 2 heterocycles. The molecule has 6 heteroatoms. The first-order valence-corrected chi connectivity index (χ1v) is 7.64. The number of ether oxygens (including phenoxy) is 1. The SMILES string of the molecule is CCOc1ncc(C(=O)N2CC(CO)CCC2C)cc1Cl. The van der Waals surface area contributed by atoms with Gasteiger partial charge in [-0.3, -0.25) is 4.79 Å². The molecule has 5 nitrogen and oxygen atoms in total. The highest BCUT2D eigenvalue weighted by atomic mass is 35.5. The smallest absolute Gasteiger partial charge is 0.255 e. The highest BCUT2D eigenvalue weighted by Gasteiger charge is 2.29. The number of aliphatic hydroxyl groups is 1. The second kappa shape index (κ2) is 7.09. The number of nitrogens with zero attached hydrogens (tertiary/aromatic N) is 2. The molecule has 116 valence electrons. The van der Waals surface area contributed by atoms with Crippen LogP contribution in [0.2, 0.25) is 5.02 Å². The first kappa shape index (κ1) is 16.0. The number of aliphatic hydroxyl groups excluding tert-OH is 1. The summed E-state index contributed by atoms with van der Waals surface area (Å²) in [5, 5.41) is 9.64. The summed E-state index contributed by atoms with van der Waals surface area (Å²) < 4.78 is 5.27. The Morgan fingerprint density at radius 3 is 2.95 bits per heavy atom. The second-order valence-electron chi connectivity index (χ2n) is 5.38. The summed E-state index contributed by atoms with van der Waals surface area (Å²) in [4.78, 5) is 18.5. The van der Waals surface area contributed by atoms with Gasteiger partial charge in [0.25, 0.3) is 5.91 Å². The number of aromatic nitrogens is 1. The molecule has 1 aliphatic rings. The van der Waals surface area contributed by atoms with E-state index in [9.17, 15) is 9.90 Å². The van der Waals surface area contributed by atoms with E-state index in [2.05, 4.69) is 4.98 Å². The first-order chi connectivity index (χ1) is 10.1. The third-order valence-corrected chi connectivity index (χ3v) is 4.10. The Kier molecular flexibility index (Phi) is 5.42. The van der Waals surface area contributed by atoms with Crippen LogP contribution in [0.25, 0.3) is 0 Å². The van der Waals surface area contributed by atoms with Crippen molar-refractivity contribution < 1.29 is 14.6 Å². The van der Waals surface area contributed by atoms with Crippen molar-refractivity contribution in [1.82, 2.24) is 9.88 Å². The molecule has 0 saturated carbocycles. The van der Waals surface area contributed by atoms with Gasteiger partial charge in [-0.25, -0.2) is 4.98 Å². The zero-order chi connectivity index (χ0) is 15.4. The molecule has 2 unspecified atom stereocenters. The zero-order valence-corrected chi connectivity index (χ0v) is 13.1. The molecule has 0 bridgehead atoms. The average Bonchev–Trinajstić information content (AvgIpc) is 2.49. The van der Waals surface area contributed by atoms with Crippen LogP contribution in [-0.2, 0) is 0 Å². The van der Waals surface area contributed by atoms with Crippen molar-refractivity contribution in [1.29, 1.82) is 0 Å². The Bertz CT molecular complexity index is 510. The van der Waals surface area contributed by atoms with E-state index >= 15 is 0 Å². The van der Waals surface area contributed by atoms with Crippen LogP contribution in [0.5, 0.6) is 5.88 Å². The van der Waals surface area contributed by atoms with E-state index in [-0.39, 0.29) is 24.5 Å². The molecular formula is C15H21ClN2O3. The van der Waals surface area contributed by atoms with Gasteiger partial charge in [0.1, 0.15) is 5.02 Å². The molecular weight excluding hydrogens is 292 g/mol. The molecule has 1 amide bonds. The minimum Gasteiger partial charge on any atom is -0.477 e. The lowest BCUT2D eigenvalue weighted by atomic mass is 9.93. The third kappa shape index (κ3) is 3.66. The van der Waals surface area contributed by atoms with Crippen LogP contribution in [0.15, 0.2) is 12.3 Å². The molecule has 0 spiro atoms. The van der Waals surface area contributed by atoms with Gasteiger partial charge in [-0.15, -0.1) is 0 Å². The molecule has 1 N–H and O–H groups in total. The Morgan fingerprint density at radius 2 is 2.33 bits per heavy atom. The van der Waals surface area contributed by atoms with Gasteiger partial charge in [0.2, 0.25) is 5.88 Å². The molecule has 21 heavy (non-hydrogen) atoms. The van der Waals surface area contributed by atoms with E-state index in [0.717, 1.165) is 12.8 Å². The van der Waals surface area contributed by atoms with Crippen LogP contribution in [0.3, 0.4) is 0 Å². The molecule has 0 radical (unpaired) electrons. The van der Waals surface area contributed by atoms with Crippen LogP contribution < -0.4 is 4.74 Å². The number of piperidine rings is 1. The summed E-state index contributed by atoms with van der Waals surface area (Å²) in [6.45, 7) is 5.03. The van der Waals surface area contributed by atoms with Crippen LogP contribution in [0, 0.1) is 5.92 Å². The number of hydrogen-bond acceptors (Lipinski definition) is 4. The molecule has 1 fully saturated rings. The van der Waals surface area contributed by atoms with E-state index in [0.29, 0.717) is 29.6 Å². The van der Waals surface area contributed by atoms with E-state index < -0.39 is 0 Å². The lowest BCUT2D eigenvalue weighted by Crippen LogP contribution is -2.46. The minimum absolute atomic E-state index is 0.0990. The fourth-order valence-corrected chi connectivity index (χ4v) is 2.79. The van der Waals surface area contributed by atoms with Crippen molar-refractivity contribution in [2.24, 2.45) is 5.92 Å². The number of hydrogen-bond donors (Lipinski definition) is 1. The largest absolute Gasteiger partial charge is 0.477 e. The zero-order valence-electron chi connectivity index (χ0n) is 12.4. The number of amides is 1. The summed E-state index contributed by atoms with van der Waals surface area (Å²) in [5.41, 5.74) is 0.453. The Morgan fingerprint density at radius 1 is 1.57 bits per heavy atom. The number of halogens is 1. The number of pyridine rings is 1. The monoisotopic (exact) mass is 312 g/mol. The van der Waals surface area contributed by atoms with Gasteiger partial charge in [-0.05, 0) is 38.7 Å². The Balaban J connectivity index is 2.16. The van der Waals surface area contributed by atoms with Crippen LogP contribution in [0.4, 0.5) is 0 Å². The van der Waals surface area contributed by atoms with E-state index in [4.69, 9.17) is 16.3 Å². The third-order valence-electron chi connectivity index (χ3n) is 3.83.